The Morgan fingerprint density at radius 3 is 2.58 bits per heavy atom. The van der Waals surface area contributed by atoms with Gasteiger partial charge >= 0.3 is 0 Å². The summed E-state index contributed by atoms with van der Waals surface area (Å²) in [4.78, 5) is 8.46. The van der Waals surface area contributed by atoms with Crippen LogP contribution in [0.1, 0.15) is 11.8 Å². The van der Waals surface area contributed by atoms with Crippen molar-refractivity contribution in [2.24, 2.45) is 0 Å². The van der Waals surface area contributed by atoms with Crippen LogP contribution in [-0.2, 0) is 16.6 Å². The van der Waals surface area contributed by atoms with Gasteiger partial charge in [-0.1, -0.05) is 13.0 Å². The predicted octanol–water partition coefficient (Wildman–Crippen LogP) is 2.40. The van der Waals surface area contributed by atoms with Crippen molar-refractivity contribution < 1.29 is 8.42 Å². The Morgan fingerprint density at radius 1 is 1.37 bits per heavy atom. The standard InChI is InChI=1S/C11H12ClN3O2S2/c1-2-15(8-9-4-3-5-18-9)19(16,17)10-6-13-11(12)14-7-10/h3-7H,2,8H2,1H3. The molecule has 0 radical (unpaired) electrons. The Bertz CT molecular complexity index is 626. The smallest absolute Gasteiger partial charge is 0.225 e. The molecule has 19 heavy (non-hydrogen) atoms. The van der Waals surface area contributed by atoms with Gasteiger partial charge in [0.2, 0.25) is 15.3 Å². The third-order valence-corrected chi connectivity index (χ3v) is 5.43. The van der Waals surface area contributed by atoms with E-state index in [2.05, 4.69) is 9.97 Å². The van der Waals surface area contributed by atoms with Crippen LogP contribution in [0, 0.1) is 0 Å². The molecule has 2 aromatic heterocycles. The molecule has 2 heterocycles. The molecule has 2 rings (SSSR count). The number of rotatable bonds is 5. The number of hydrogen-bond donors (Lipinski definition) is 0. The van der Waals surface area contributed by atoms with Crippen LogP contribution in [0.3, 0.4) is 0 Å². The molecular formula is C11H12ClN3O2S2. The van der Waals surface area contributed by atoms with Crippen LogP contribution in [0.25, 0.3) is 0 Å². The van der Waals surface area contributed by atoms with Crippen molar-refractivity contribution in [1.29, 1.82) is 0 Å². The Morgan fingerprint density at radius 2 is 2.05 bits per heavy atom. The Balaban J connectivity index is 2.28. The molecule has 102 valence electrons. The highest BCUT2D eigenvalue weighted by molar-refractivity contribution is 7.89. The zero-order valence-corrected chi connectivity index (χ0v) is 12.5. The molecule has 8 heteroatoms. The summed E-state index contributed by atoms with van der Waals surface area (Å²) in [6.07, 6.45) is 2.45. The topological polar surface area (TPSA) is 63.2 Å². The van der Waals surface area contributed by atoms with Crippen LogP contribution < -0.4 is 0 Å². The lowest BCUT2D eigenvalue weighted by molar-refractivity contribution is 0.426. The number of halogens is 1. The second kappa shape index (κ2) is 5.96. The zero-order valence-electron chi connectivity index (χ0n) is 10.2. The van der Waals surface area contributed by atoms with Gasteiger partial charge < -0.3 is 0 Å². The molecule has 0 aliphatic heterocycles. The first-order chi connectivity index (χ1) is 9.04. The summed E-state index contributed by atoms with van der Waals surface area (Å²) in [5.41, 5.74) is 0. The molecule has 0 N–H and O–H groups in total. The Kier molecular flexibility index (Phi) is 4.51. The highest BCUT2D eigenvalue weighted by Gasteiger charge is 2.24. The molecule has 0 fully saturated rings. The molecule has 0 amide bonds. The van der Waals surface area contributed by atoms with Crippen LogP contribution in [0.4, 0.5) is 0 Å². The molecule has 0 aliphatic rings. The van der Waals surface area contributed by atoms with E-state index < -0.39 is 10.0 Å². The maximum atomic E-state index is 12.4. The van der Waals surface area contributed by atoms with Crippen LogP contribution in [-0.4, -0.2) is 29.2 Å². The zero-order chi connectivity index (χ0) is 13.9. The van der Waals surface area contributed by atoms with E-state index in [1.165, 1.54) is 28.0 Å². The number of aromatic nitrogens is 2. The van der Waals surface area contributed by atoms with E-state index in [-0.39, 0.29) is 10.2 Å². The van der Waals surface area contributed by atoms with Crippen molar-refractivity contribution in [1.82, 2.24) is 14.3 Å². The lowest BCUT2D eigenvalue weighted by Crippen LogP contribution is -2.30. The van der Waals surface area contributed by atoms with Gasteiger partial charge in [0.1, 0.15) is 4.90 Å². The lowest BCUT2D eigenvalue weighted by atomic mass is 10.4. The van der Waals surface area contributed by atoms with Crippen molar-refractivity contribution in [2.75, 3.05) is 6.54 Å². The summed E-state index contributed by atoms with van der Waals surface area (Å²) in [5.74, 6) is 0. The van der Waals surface area contributed by atoms with E-state index >= 15 is 0 Å². The van der Waals surface area contributed by atoms with Crippen LogP contribution in [0.5, 0.6) is 0 Å². The van der Waals surface area contributed by atoms with Gasteiger partial charge in [0.15, 0.2) is 0 Å². The third kappa shape index (κ3) is 3.30. The quantitative estimate of drug-likeness (QED) is 0.794. The van der Waals surface area contributed by atoms with Gasteiger partial charge in [0.25, 0.3) is 0 Å². The summed E-state index contributed by atoms with van der Waals surface area (Å²) in [7, 11) is -3.59. The maximum Gasteiger partial charge on any atom is 0.246 e. The summed E-state index contributed by atoms with van der Waals surface area (Å²) in [5, 5.41) is 1.95. The van der Waals surface area contributed by atoms with Gasteiger partial charge in [0, 0.05) is 18.0 Å². The summed E-state index contributed by atoms with van der Waals surface area (Å²) in [6, 6.07) is 3.80. The van der Waals surface area contributed by atoms with Gasteiger partial charge in [-0.25, -0.2) is 18.4 Å². The van der Waals surface area contributed by atoms with E-state index in [1.807, 2.05) is 17.5 Å². The monoisotopic (exact) mass is 317 g/mol. The molecule has 0 saturated carbocycles. The van der Waals surface area contributed by atoms with Gasteiger partial charge in [-0.05, 0) is 23.0 Å². The highest BCUT2D eigenvalue weighted by atomic mass is 35.5. The number of hydrogen-bond acceptors (Lipinski definition) is 5. The second-order valence-electron chi connectivity index (χ2n) is 3.70. The molecule has 0 saturated heterocycles. The van der Waals surface area contributed by atoms with E-state index in [4.69, 9.17) is 11.6 Å². The molecule has 0 aliphatic carbocycles. The first-order valence-corrected chi connectivity index (χ1v) is 8.24. The first kappa shape index (κ1) is 14.4. The summed E-state index contributed by atoms with van der Waals surface area (Å²) >= 11 is 7.08. The predicted molar refractivity (Wildman–Crippen MR) is 74.6 cm³/mol. The SMILES string of the molecule is CCN(Cc1cccs1)S(=O)(=O)c1cnc(Cl)nc1. The molecule has 0 spiro atoms. The van der Waals surface area contributed by atoms with Gasteiger partial charge in [0.05, 0.1) is 12.4 Å². The van der Waals surface area contributed by atoms with Gasteiger partial charge in [-0.15, -0.1) is 11.3 Å². The minimum absolute atomic E-state index is 0.0280. The molecule has 0 atom stereocenters. The lowest BCUT2D eigenvalue weighted by Gasteiger charge is -2.19. The molecule has 0 bridgehead atoms. The average Bonchev–Trinajstić information content (AvgIpc) is 2.89. The van der Waals surface area contributed by atoms with E-state index in [0.717, 1.165) is 4.88 Å². The minimum Gasteiger partial charge on any atom is -0.225 e. The third-order valence-electron chi connectivity index (χ3n) is 2.50. The fraction of sp³-hybridized carbons (Fsp3) is 0.273. The maximum absolute atomic E-state index is 12.4. The van der Waals surface area contributed by atoms with Gasteiger partial charge in [-0.3, -0.25) is 0 Å². The molecular weight excluding hydrogens is 306 g/mol. The fourth-order valence-corrected chi connectivity index (χ4v) is 3.74. The Labute approximate surface area is 120 Å². The van der Waals surface area contributed by atoms with Crippen LogP contribution in [0.15, 0.2) is 34.8 Å². The van der Waals surface area contributed by atoms with E-state index in [1.54, 1.807) is 6.92 Å². The van der Waals surface area contributed by atoms with Crippen molar-refractivity contribution in [3.8, 4) is 0 Å². The second-order valence-corrected chi connectivity index (χ2v) is 7.01. The van der Waals surface area contributed by atoms with Crippen molar-refractivity contribution in [3.63, 3.8) is 0 Å². The van der Waals surface area contributed by atoms with Crippen LogP contribution >= 0.6 is 22.9 Å². The largest absolute Gasteiger partial charge is 0.246 e. The highest BCUT2D eigenvalue weighted by Crippen LogP contribution is 2.19. The molecule has 5 nitrogen and oxygen atoms in total. The van der Waals surface area contributed by atoms with Crippen molar-refractivity contribution >= 4 is 33.0 Å². The minimum atomic E-state index is -3.59. The number of thiophene rings is 1. The van der Waals surface area contributed by atoms with Crippen LogP contribution in [0.2, 0.25) is 5.28 Å². The molecule has 0 aromatic carbocycles. The fourth-order valence-electron chi connectivity index (χ4n) is 1.53. The molecule has 0 unspecified atom stereocenters. The molecule has 2 aromatic rings. The Hall–Kier alpha value is -1.02. The first-order valence-electron chi connectivity index (χ1n) is 5.54. The van der Waals surface area contributed by atoms with Crippen molar-refractivity contribution in [3.05, 3.63) is 40.1 Å². The van der Waals surface area contributed by atoms with Gasteiger partial charge in [-0.2, -0.15) is 4.31 Å². The number of nitrogens with zero attached hydrogens (tertiary/aromatic N) is 3. The summed E-state index contributed by atoms with van der Waals surface area (Å²) in [6.45, 7) is 2.52. The summed E-state index contributed by atoms with van der Waals surface area (Å²) < 4.78 is 26.2. The normalized spacial score (nSPS) is 11.9. The van der Waals surface area contributed by atoms with E-state index in [0.29, 0.717) is 13.1 Å². The van der Waals surface area contributed by atoms with E-state index in [9.17, 15) is 8.42 Å². The van der Waals surface area contributed by atoms with Crippen molar-refractivity contribution in [2.45, 2.75) is 18.4 Å². The average molecular weight is 318 g/mol. The number of sulfonamides is 1.